The third kappa shape index (κ3) is 4.55. The van der Waals surface area contributed by atoms with E-state index < -0.39 is 4.92 Å². The van der Waals surface area contributed by atoms with Gasteiger partial charge in [-0.2, -0.15) is 0 Å². The topological polar surface area (TPSA) is 106 Å². The summed E-state index contributed by atoms with van der Waals surface area (Å²) in [6.45, 7) is 6.24. The minimum absolute atomic E-state index is 0.00604. The monoisotopic (exact) mass is 295 g/mol. The molecule has 0 bridgehead atoms. The first-order valence-corrected chi connectivity index (χ1v) is 6.91. The molecular formula is C13H21N5O3. The van der Waals surface area contributed by atoms with Gasteiger partial charge >= 0.3 is 0 Å². The van der Waals surface area contributed by atoms with Gasteiger partial charge in [-0.3, -0.25) is 20.9 Å². The van der Waals surface area contributed by atoms with Gasteiger partial charge in [0.25, 0.3) is 5.69 Å². The van der Waals surface area contributed by atoms with Crippen LogP contribution in [0, 0.1) is 10.1 Å². The molecule has 116 valence electrons. The maximum Gasteiger partial charge on any atom is 0.273 e. The van der Waals surface area contributed by atoms with Crippen LogP contribution in [-0.2, 0) is 4.74 Å². The van der Waals surface area contributed by atoms with Gasteiger partial charge in [-0.1, -0.05) is 0 Å². The van der Waals surface area contributed by atoms with Gasteiger partial charge in [0.05, 0.1) is 23.8 Å². The van der Waals surface area contributed by atoms with Crippen LogP contribution in [0.5, 0.6) is 0 Å². The molecule has 1 aliphatic heterocycles. The van der Waals surface area contributed by atoms with E-state index in [2.05, 4.69) is 15.6 Å². The fourth-order valence-corrected chi connectivity index (χ4v) is 2.38. The lowest BCUT2D eigenvalue weighted by Gasteiger charge is -2.29. The van der Waals surface area contributed by atoms with Crippen LogP contribution >= 0.6 is 0 Å². The molecule has 1 unspecified atom stereocenters. The minimum atomic E-state index is -0.432. The second kappa shape index (κ2) is 7.21. The Morgan fingerprint density at radius 2 is 2.05 bits per heavy atom. The summed E-state index contributed by atoms with van der Waals surface area (Å²) in [5.41, 5.74) is 3.64. The number of hydrazine groups is 1. The molecule has 1 fully saturated rings. The highest BCUT2D eigenvalue weighted by molar-refractivity contribution is 5.63. The molecule has 1 aliphatic rings. The largest absolute Gasteiger partial charge is 0.381 e. The zero-order chi connectivity index (χ0) is 15.2. The Balaban J connectivity index is 2.00. The van der Waals surface area contributed by atoms with Crippen molar-refractivity contribution in [3.05, 3.63) is 28.3 Å². The summed E-state index contributed by atoms with van der Waals surface area (Å²) >= 11 is 0. The van der Waals surface area contributed by atoms with Crippen molar-refractivity contribution in [1.82, 2.24) is 4.90 Å². The highest BCUT2D eigenvalue weighted by Gasteiger charge is 2.15. The Labute approximate surface area is 123 Å². The maximum atomic E-state index is 10.9. The predicted molar refractivity (Wildman–Crippen MR) is 81.3 cm³/mol. The number of benzene rings is 1. The Hall–Kier alpha value is -1.90. The number of nitro groups is 1. The molecule has 1 atom stereocenters. The molecule has 0 aromatic heterocycles. The van der Waals surface area contributed by atoms with E-state index in [-0.39, 0.29) is 11.7 Å². The van der Waals surface area contributed by atoms with Crippen LogP contribution in [0.1, 0.15) is 6.92 Å². The number of anilines is 2. The molecule has 0 saturated carbocycles. The lowest BCUT2D eigenvalue weighted by Crippen LogP contribution is -2.42. The molecule has 8 nitrogen and oxygen atoms in total. The molecular weight excluding hydrogens is 274 g/mol. The molecule has 0 spiro atoms. The van der Waals surface area contributed by atoms with Gasteiger partial charge in [0.1, 0.15) is 0 Å². The molecule has 0 aliphatic carbocycles. The van der Waals surface area contributed by atoms with Gasteiger partial charge < -0.3 is 15.5 Å². The number of non-ortho nitro benzene ring substituents is 1. The van der Waals surface area contributed by atoms with E-state index >= 15 is 0 Å². The Morgan fingerprint density at radius 3 is 2.67 bits per heavy atom. The van der Waals surface area contributed by atoms with Crippen molar-refractivity contribution in [2.24, 2.45) is 5.84 Å². The van der Waals surface area contributed by atoms with Crippen molar-refractivity contribution in [2.45, 2.75) is 13.0 Å². The first-order valence-electron chi connectivity index (χ1n) is 6.91. The summed E-state index contributed by atoms with van der Waals surface area (Å²) in [4.78, 5) is 12.8. The number of nitrogens with two attached hydrogens (primary N) is 1. The summed E-state index contributed by atoms with van der Waals surface area (Å²) < 4.78 is 5.31. The Bertz CT molecular complexity index is 491. The van der Waals surface area contributed by atoms with Gasteiger partial charge in [0.15, 0.2) is 0 Å². The van der Waals surface area contributed by atoms with Crippen molar-refractivity contribution >= 4 is 17.1 Å². The van der Waals surface area contributed by atoms with Crippen LogP contribution in [0.4, 0.5) is 17.1 Å². The predicted octanol–water partition coefficient (Wildman–Crippen LogP) is 1.01. The number of hydrogen-bond donors (Lipinski definition) is 3. The van der Waals surface area contributed by atoms with Crippen molar-refractivity contribution in [2.75, 3.05) is 43.6 Å². The third-order valence-electron chi connectivity index (χ3n) is 3.34. The smallest absolute Gasteiger partial charge is 0.273 e. The van der Waals surface area contributed by atoms with E-state index in [4.69, 9.17) is 10.6 Å². The molecule has 1 saturated heterocycles. The standard InChI is InChI=1S/C13H21N5O3/c1-10(9-17-2-4-21-5-3-17)15-11-6-12(16-14)8-13(7-11)18(19)20/h6-8,10,15-16H,2-5,9,14H2,1H3. The number of nitrogens with one attached hydrogen (secondary N) is 2. The summed E-state index contributed by atoms with van der Waals surface area (Å²) in [6.07, 6.45) is 0. The third-order valence-corrected chi connectivity index (χ3v) is 3.34. The summed E-state index contributed by atoms with van der Waals surface area (Å²) in [5, 5.41) is 14.2. The Morgan fingerprint density at radius 1 is 1.38 bits per heavy atom. The number of nitro benzene ring substituents is 1. The first kappa shape index (κ1) is 15.5. The average molecular weight is 295 g/mol. The highest BCUT2D eigenvalue weighted by atomic mass is 16.6. The Kier molecular flexibility index (Phi) is 5.32. The van der Waals surface area contributed by atoms with E-state index in [9.17, 15) is 10.1 Å². The zero-order valence-corrected chi connectivity index (χ0v) is 12.0. The van der Waals surface area contributed by atoms with Gasteiger partial charge in [-0.25, -0.2) is 0 Å². The van der Waals surface area contributed by atoms with E-state index in [1.165, 1.54) is 12.1 Å². The van der Waals surface area contributed by atoms with Gasteiger partial charge in [-0.15, -0.1) is 0 Å². The fourth-order valence-electron chi connectivity index (χ4n) is 2.38. The number of morpholine rings is 1. The normalized spacial score (nSPS) is 17.2. The van der Waals surface area contributed by atoms with Crippen LogP contribution in [0.15, 0.2) is 18.2 Å². The molecule has 2 rings (SSSR count). The van der Waals surface area contributed by atoms with Crippen LogP contribution in [0.2, 0.25) is 0 Å². The second-order valence-electron chi connectivity index (χ2n) is 5.13. The summed E-state index contributed by atoms with van der Waals surface area (Å²) in [5.74, 6) is 5.35. The lowest BCUT2D eigenvalue weighted by molar-refractivity contribution is -0.384. The maximum absolute atomic E-state index is 10.9. The van der Waals surface area contributed by atoms with Crippen molar-refractivity contribution in [1.29, 1.82) is 0 Å². The van der Waals surface area contributed by atoms with E-state index in [1.807, 2.05) is 6.92 Å². The minimum Gasteiger partial charge on any atom is -0.381 e. The van der Waals surface area contributed by atoms with Crippen molar-refractivity contribution < 1.29 is 9.66 Å². The highest BCUT2D eigenvalue weighted by Crippen LogP contribution is 2.24. The molecule has 1 aromatic rings. The second-order valence-corrected chi connectivity index (χ2v) is 5.13. The van der Waals surface area contributed by atoms with Crippen molar-refractivity contribution in [3.8, 4) is 0 Å². The van der Waals surface area contributed by atoms with Crippen molar-refractivity contribution in [3.63, 3.8) is 0 Å². The van der Waals surface area contributed by atoms with E-state index in [0.717, 1.165) is 32.8 Å². The van der Waals surface area contributed by atoms with Crippen LogP contribution < -0.4 is 16.6 Å². The molecule has 8 heteroatoms. The summed E-state index contributed by atoms with van der Waals surface area (Å²) in [7, 11) is 0. The van der Waals surface area contributed by atoms with Gasteiger partial charge in [0.2, 0.25) is 0 Å². The summed E-state index contributed by atoms with van der Waals surface area (Å²) in [6, 6.07) is 4.83. The molecule has 21 heavy (non-hydrogen) atoms. The number of rotatable bonds is 6. The molecule has 1 heterocycles. The molecule has 4 N–H and O–H groups in total. The number of ether oxygens (including phenoxy) is 1. The lowest BCUT2D eigenvalue weighted by atomic mass is 10.2. The number of hydrogen-bond acceptors (Lipinski definition) is 7. The van der Waals surface area contributed by atoms with Crippen LogP contribution in [0.3, 0.4) is 0 Å². The van der Waals surface area contributed by atoms with Crippen LogP contribution in [-0.4, -0.2) is 48.7 Å². The number of nitrogens with zero attached hydrogens (tertiary/aromatic N) is 2. The molecule has 0 amide bonds. The number of nitrogen functional groups attached to an aromatic ring is 1. The quantitative estimate of drug-likeness (QED) is 0.408. The fraction of sp³-hybridized carbons (Fsp3) is 0.538. The van der Waals surface area contributed by atoms with Gasteiger partial charge in [-0.05, 0) is 13.0 Å². The van der Waals surface area contributed by atoms with Crippen LogP contribution in [0.25, 0.3) is 0 Å². The average Bonchev–Trinajstić information content (AvgIpc) is 2.47. The first-order chi connectivity index (χ1) is 10.1. The SMILES string of the molecule is CC(CN1CCOCC1)Nc1cc(NN)cc([N+](=O)[O-])c1. The zero-order valence-electron chi connectivity index (χ0n) is 12.0. The molecule has 0 radical (unpaired) electrons. The van der Waals surface area contributed by atoms with Gasteiger partial charge in [0, 0.05) is 43.5 Å². The van der Waals surface area contributed by atoms with E-state index in [0.29, 0.717) is 11.4 Å². The molecule has 1 aromatic carbocycles. The van der Waals surface area contributed by atoms with E-state index in [1.54, 1.807) is 6.07 Å².